The Hall–Kier alpha value is -3.52. The minimum atomic E-state index is -5.13. The molecule has 2 aromatic carbocycles. The second kappa shape index (κ2) is 9.17. The fourth-order valence-corrected chi connectivity index (χ4v) is 5.65. The Labute approximate surface area is 206 Å². The molecule has 0 atom stereocenters. The number of nitrogens with one attached hydrogen (secondary N) is 1. The van der Waals surface area contributed by atoms with E-state index in [1.165, 1.54) is 41.3 Å². The Bertz CT molecular complexity index is 1440. The minimum Gasteiger partial charge on any atom is -0.497 e. The van der Waals surface area contributed by atoms with Crippen molar-refractivity contribution in [1.29, 1.82) is 0 Å². The van der Waals surface area contributed by atoms with Crippen molar-refractivity contribution in [2.24, 2.45) is 0 Å². The Balaban J connectivity index is 1.81. The summed E-state index contributed by atoms with van der Waals surface area (Å²) >= 11 is 0. The molecule has 2 heterocycles. The molecule has 0 aliphatic carbocycles. The van der Waals surface area contributed by atoms with E-state index in [1.54, 1.807) is 11.4 Å². The molecule has 190 valence electrons. The second-order valence-electron chi connectivity index (χ2n) is 7.31. The lowest BCUT2D eigenvalue weighted by Gasteiger charge is -2.14. The van der Waals surface area contributed by atoms with Gasteiger partial charge in [0.2, 0.25) is 0 Å². The lowest BCUT2D eigenvalue weighted by molar-refractivity contribution is -0.143. The quantitative estimate of drug-likeness (QED) is 0.232. The van der Waals surface area contributed by atoms with Gasteiger partial charge >= 0.3 is 12.4 Å². The molecule has 0 aromatic heterocycles. The van der Waals surface area contributed by atoms with Gasteiger partial charge in [-0.15, -0.1) is 0 Å². The number of carbonyl (C=O) groups excluding carboxylic acids is 1. The third-order valence-corrected chi connectivity index (χ3v) is 7.20. The molecule has 0 spiro atoms. The van der Waals surface area contributed by atoms with Crippen molar-refractivity contribution in [3.05, 3.63) is 68.8 Å². The normalized spacial score (nSPS) is 12.1. The van der Waals surface area contributed by atoms with Gasteiger partial charge in [0.05, 0.1) is 41.6 Å². The molecule has 2 aliphatic rings. The van der Waals surface area contributed by atoms with Gasteiger partial charge in [-0.05, 0) is 30.3 Å². The van der Waals surface area contributed by atoms with Crippen LogP contribution in [0.2, 0.25) is 0 Å². The zero-order chi connectivity index (χ0) is 26.4. The fourth-order valence-electron chi connectivity index (χ4n) is 3.45. The summed E-state index contributed by atoms with van der Waals surface area (Å²) in [4.78, 5) is 26.4. The first kappa shape index (κ1) is 25.6. The molecule has 1 N–H and O–H groups in total. The third-order valence-electron chi connectivity index (χ3n) is 5.12. The number of alkyl halides is 6. The number of fused-ring (bicyclic) bond motifs is 1. The lowest BCUT2D eigenvalue weighted by Crippen LogP contribution is -2.22. The van der Waals surface area contributed by atoms with Crippen molar-refractivity contribution in [3.63, 3.8) is 0 Å². The molecule has 6 nitrogen and oxygen atoms in total. The molecule has 0 saturated carbocycles. The largest absolute Gasteiger partial charge is 0.497 e. The van der Waals surface area contributed by atoms with Crippen LogP contribution in [0.4, 0.5) is 32.0 Å². The van der Waals surface area contributed by atoms with E-state index in [9.17, 15) is 35.9 Å². The molecule has 0 unspecified atom stereocenters. The average molecular weight is 548 g/mol. The molecular weight excluding hydrogens is 534 g/mol. The molecular formula is C22H14F6N2O4S2. The molecule has 0 radical (unpaired) electrons. The highest BCUT2D eigenvalue weighted by atomic mass is 32.9. The van der Waals surface area contributed by atoms with Crippen molar-refractivity contribution in [2.45, 2.75) is 12.4 Å². The Morgan fingerprint density at radius 1 is 0.944 bits per heavy atom. The van der Waals surface area contributed by atoms with E-state index in [4.69, 9.17) is 9.47 Å². The smallest absolute Gasteiger partial charge is 0.416 e. The Morgan fingerprint density at radius 2 is 1.58 bits per heavy atom. The number of halogens is 6. The molecule has 0 saturated heterocycles. The van der Waals surface area contributed by atoms with E-state index in [0.717, 1.165) is 10.3 Å². The average Bonchev–Trinajstić information content (AvgIpc) is 3.38. The third kappa shape index (κ3) is 4.65. The van der Waals surface area contributed by atoms with Crippen LogP contribution < -0.4 is 20.3 Å². The van der Waals surface area contributed by atoms with Gasteiger partial charge in [0, 0.05) is 17.0 Å². The number of rotatable bonds is 5. The summed E-state index contributed by atoms with van der Waals surface area (Å²) in [5.41, 5.74) is -4.57. The molecule has 2 aliphatic heterocycles. The number of nitrogens with zero attached hydrogens (tertiary/aromatic N) is 1. The molecule has 2 aromatic rings. The van der Waals surface area contributed by atoms with E-state index >= 15 is 0 Å². The summed E-state index contributed by atoms with van der Waals surface area (Å²) in [6.45, 7) is 0. The number of methoxy groups -OCH3 is 2. The Morgan fingerprint density at radius 3 is 2.14 bits per heavy atom. The standard InChI is InChI=1S/C22H14F6N2O4S2/c1-33-13-3-4-14(16(8-13)34-2)30-15-9-35-36-18(15)17(20(30)32)29-19(31)10-5-11(21(23,24)25)7-12(6-10)22(26,27)28/h3-9H,1-2H3,(H,29,31). The first-order chi connectivity index (χ1) is 16.8. The molecule has 14 heteroatoms. The molecule has 0 bridgehead atoms. The predicted molar refractivity (Wildman–Crippen MR) is 122 cm³/mol. The number of aromatic nitrogens is 1. The highest BCUT2D eigenvalue weighted by Gasteiger charge is 2.38. The van der Waals surface area contributed by atoms with Crippen LogP contribution in [0.25, 0.3) is 16.3 Å². The van der Waals surface area contributed by atoms with Crippen LogP contribution in [0.5, 0.6) is 11.5 Å². The lowest BCUT2D eigenvalue weighted by atomic mass is 10.0. The second-order valence-corrected chi connectivity index (χ2v) is 9.39. The van der Waals surface area contributed by atoms with Crippen molar-refractivity contribution in [2.75, 3.05) is 19.5 Å². The maximum atomic E-state index is 13.3. The minimum absolute atomic E-state index is 0.0820. The first-order valence-corrected chi connectivity index (χ1v) is 12.0. The van der Waals surface area contributed by atoms with Crippen molar-refractivity contribution in [3.8, 4) is 27.8 Å². The highest BCUT2D eigenvalue weighted by molar-refractivity contribution is 7.70. The molecule has 36 heavy (non-hydrogen) atoms. The number of anilines is 1. The monoisotopic (exact) mass is 548 g/mol. The molecule has 1 amide bonds. The van der Waals surface area contributed by atoms with Gasteiger partial charge in [0.1, 0.15) is 17.2 Å². The van der Waals surface area contributed by atoms with Gasteiger partial charge in [-0.25, -0.2) is 0 Å². The van der Waals surface area contributed by atoms with Crippen LogP contribution in [-0.2, 0) is 12.4 Å². The number of benzene rings is 2. The first-order valence-electron chi connectivity index (χ1n) is 9.80. The number of ether oxygens (including phenoxy) is 2. The summed E-state index contributed by atoms with van der Waals surface area (Å²) < 4.78 is 90.9. The van der Waals surface area contributed by atoms with Gasteiger partial charge in [-0.1, -0.05) is 20.7 Å². The van der Waals surface area contributed by atoms with Gasteiger partial charge in [-0.2, -0.15) is 26.3 Å². The van der Waals surface area contributed by atoms with Crippen LogP contribution in [0.3, 0.4) is 0 Å². The van der Waals surface area contributed by atoms with Gasteiger partial charge in [-0.3, -0.25) is 14.2 Å². The summed E-state index contributed by atoms with van der Waals surface area (Å²) in [7, 11) is 5.12. The van der Waals surface area contributed by atoms with E-state index in [2.05, 4.69) is 5.32 Å². The SMILES string of the molecule is COc1ccc(-n2c3cssc-3c(NC(=O)c3cc(C(F)(F)F)cc(C(F)(F)F)c3)c2=O)c(OC)c1. The topological polar surface area (TPSA) is 69.6 Å². The van der Waals surface area contributed by atoms with Crippen LogP contribution in [-0.4, -0.2) is 24.7 Å². The van der Waals surface area contributed by atoms with E-state index in [0.29, 0.717) is 28.5 Å². The van der Waals surface area contributed by atoms with Crippen LogP contribution in [0, 0.1) is 0 Å². The van der Waals surface area contributed by atoms with E-state index < -0.39 is 40.5 Å². The van der Waals surface area contributed by atoms with E-state index in [1.807, 2.05) is 0 Å². The van der Waals surface area contributed by atoms with Gasteiger partial charge < -0.3 is 14.8 Å². The van der Waals surface area contributed by atoms with Crippen molar-refractivity contribution >= 4 is 32.3 Å². The van der Waals surface area contributed by atoms with Crippen LogP contribution >= 0.6 is 20.7 Å². The number of hydrogen-bond acceptors (Lipinski definition) is 6. The summed E-state index contributed by atoms with van der Waals surface area (Å²) in [6, 6.07) is 5.14. The van der Waals surface area contributed by atoms with Crippen LogP contribution in [0.1, 0.15) is 21.5 Å². The van der Waals surface area contributed by atoms with Gasteiger partial charge in [0.15, 0.2) is 0 Å². The fraction of sp³-hybridized carbons (Fsp3) is 0.182. The zero-order valence-electron chi connectivity index (χ0n) is 18.2. The predicted octanol–water partition coefficient (Wildman–Crippen LogP) is 6.37. The Kier molecular flexibility index (Phi) is 6.51. The summed E-state index contributed by atoms with van der Waals surface area (Å²) in [6.07, 6.45) is -10.3. The molecule has 0 fully saturated rings. The van der Waals surface area contributed by atoms with Gasteiger partial charge in [0.25, 0.3) is 11.5 Å². The maximum Gasteiger partial charge on any atom is 0.416 e. The number of amides is 1. The summed E-state index contributed by atoms with van der Waals surface area (Å²) in [5, 5.41) is 3.83. The number of carbonyl (C=O) groups is 1. The maximum absolute atomic E-state index is 13.3. The summed E-state index contributed by atoms with van der Waals surface area (Å²) in [5.74, 6) is -0.605. The van der Waals surface area contributed by atoms with E-state index in [-0.39, 0.29) is 23.2 Å². The number of hydrogen-bond donors (Lipinski definition) is 1. The van der Waals surface area contributed by atoms with Crippen molar-refractivity contribution in [1.82, 2.24) is 4.57 Å². The zero-order valence-corrected chi connectivity index (χ0v) is 19.8. The van der Waals surface area contributed by atoms with Crippen molar-refractivity contribution < 1.29 is 40.6 Å². The highest BCUT2D eigenvalue weighted by Crippen LogP contribution is 2.41. The molecule has 4 rings (SSSR count). The van der Waals surface area contributed by atoms with Crippen LogP contribution in [0.15, 0.2) is 46.6 Å².